The minimum absolute atomic E-state index is 0.00334. The Hall–Kier alpha value is -1.36. The molecule has 1 rings (SSSR count). The zero-order valence-electron chi connectivity index (χ0n) is 10.2. The topological polar surface area (TPSA) is 72.9 Å². The van der Waals surface area contributed by atoms with Crippen LogP contribution >= 0.6 is 0 Å². The van der Waals surface area contributed by atoms with E-state index in [0.717, 1.165) is 12.0 Å². The molecule has 1 amide bonds. The van der Waals surface area contributed by atoms with Crippen LogP contribution < -0.4 is 11.1 Å². The standard InChI is InChI=1S/C11H20N4O/c1-11(2,12)6-10(16)13-5-4-9-7-14-15(3)8-9/h7-8H,4-6,12H2,1-3H3,(H,13,16). The number of hydrogen-bond donors (Lipinski definition) is 2. The Bertz CT molecular complexity index is 351. The largest absolute Gasteiger partial charge is 0.356 e. The highest BCUT2D eigenvalue weighted by atomic mass is 16.1. The van der Waals surface area contributed by atoms with E-state index in [4.69, 9.17) is 5.73 Å². The van der Waals surface area contributed by atoms with Crippen LogP contribution in [0.5, 0.6) is 0 Å². The first-order valence-electron chi connectivity index (χ1n) is 5.40. The summed E-state index contributed by atoms with van der Waals surface area (Å²) in [7, 11) is 1.87. The molecule has 1 aromatic heterocycles. The number of aryl methyl sites for hydroxylation is 1. The third kappa shape index (κ3) is 4.93. The zero-order chi connectivity index (χ0) is 12.2. The van der Waals surface area contributed by atoms with Gasteiger partial charge in [0.05, 0.1) is 6.20 Å². The monoisotopic (exact) mass is 224 g/mol. The molecule has 1 heterocycles. The smallest absolute Gasteiger partial charge is 0.221 e. The second-order valence-corrected chi connectivity index (χ2v) is 4.79. The molecule has 0 aliphatic carbocycles. The van der Waals surface area contributed by atoms with Crippen molar-refractivity contribution in [2.45, 2.75) is 32.2 Å². The maximum Gasteiger partial charge on any atom is 0.221 e. The van der Waals surface area contributed by atoms with Gasteiger partial charge in [-0.2, -0.15) is 5.10 Å². The van der Waals surface area contributed by atoms with Crippen molar-refractivity contribution in [3.05, 3.63) is 18.0 Å². The summed E-state index contributed by atoms with van der Waals surface area (Å²) < 4.78 is 1.75. The molecule has 0 radical (unpaired) electrons. The van der Waals surface area contributed by atoms with Crippen LogP contribution in [0.3, 0.4) is 0 Å². The fraction of sp³-hybridized carbons (Fsp3) is 0.636. The predicted octanol–water partition coefficient (Wildman–Crippen LogP) is 0.206. The minimum Gasteiger partial charge on any atom is -0.356 e. The van der Waals surface area contributed by atoms with Crippen LogP contribution in [0.25, 0.3) is 0 Å². The molecule has 0 aliphatic heterocycles. The van der Waals surface area contributed by atoms with Crippen molar-refractivity contribution in [1.82, 2.24) is 15.1 Å². The minimum atomic E-state index is -0.446. The summed E-state index contributed by atoms with van der Waals surface area (Å²) in [6.45, 7) is 4.31. The van der Waals surface area contributed by atoms with Gasteiger partial charge in [-0.3, -0.25) is 9.48 Å². The first-order valence-corrected chi connectivity index (χ1v) is 5.40. The van der Waals surface area contributed by atoms with E-state index in [1.54, 1.807) is 10.9 Å². The van der Waals surface area contributed by atoms with Gasteiger partial charge < -0.3 is 11.1 Å². The molecule has 0 saturated heterocycles. The highest BCUT2D eigenvalue weighted by molar-refractivity contribution is 5.77. The molecule has 0 aliphatic rings. The molecule has 1 aromatic rings. The maximum absolute atomic E-state index is 11.4. The second-order valence-electron chi connectivity index (χ2n) is 4.79. The number of amides is 1. The fourth-order valence-electron chi connectivity index (χ4n) is 1.42. The van der Waals surface area contributed by atoms with E-state index in [9.17, 15) is 4.79 Å². The van der Waals surface area contributed by atoms with E-state index in [0.29, 0.717) is 13.0 Å². The highest BCUT2D eigenvalue weighted by Gasteiger charge is 2.15. The Kier molecular flexibility index (Phi) is 4.06. The summed E-state index contributed by atoms with van der Waals surface area (Å²) in [5, 5.41) is 6.90. The summed E-state index contributed by atoms with van der Waals surface area (Å²) >= 11 is 0. The zero-order valence-corrected chi connectivity index (χ0v) is 10.2. The van der Waals surface area contributed by atoms with Crippen molar-refractivity contribution in [2.75, 3.05) is 6.54 Å². The molecule has 90 valence electrons. The number of carbonyl (C=O) groups is 1. The van der Waals surface area contributed by atoms with Gasteiger partial charge >= 0.3 is 0 Å². The molecule has 0 fully saturated rings. The fourth-order valence-corrected chi connectivity index (χ4v) is 1.42. The van der Waals surface area contributed by atoms with E-state index in [1.165, 1.54) is 0 Å². The lowest BCUT2D eigenvalue weighted by molar-refractivity contribution is -0.121. The van der Waals surface area contributed by atoms with Gasteiger partial charge in [-0.1, -0.05) is 0 Å². The number of hydrogen-bond acceptors (Lipinski definition) is 3. The Labute approximate surface area is 96.0 Å². The van der Waals surface area contributed by atoms with Crippen LogP contribution in [-0.2, 0) is 18.3 Å². The van der Waals surface area contributed by atoms with Crippen molar-refractivity contribution in [3.8, 4) is 0 Å². The van der Waals surface area contributed by atoms with Crippen molar-refractivity contribution >= 4 is 5.91 Å². The van der Waals surface area contributed by atoms with Crippen LogP contribution in [0.4, 0.5) is 0 Å². The van der Waals surface area contributed by atoms with Gasteiger partial charge in [0.2, 0.25) is 5.91 Å². The number of aromatic nitrogens is 2. The van der Waals surface area contributed by atoms with Crippen molar-refractivity contribution in [2.24, 2.45) is 12.8 Å². The number of nitrogens with two attached hydrogens (primary N) is 1. The third-order valence-corrected chi connectivity index (χ3v) is 2.11. The predicted molar refractivity (Wildman–Crippen MR) is 62.8 cm³/mol. The van der Waals surface area contributed by atoms with Crippen LogP contribution in [0.15, 0.2) is 12.4 Å². The second kappa shape index (κ2) is 5.12. The molecule has 0 bridgehead atoms. The van der Waals surface area contributed by atoms with Crippen LogP contribution in [0.1, 0.15) is 25.8 Å². The van der Waals surface area contributed by atoms with Gasteiger partial charge in [0.15, 0.2) is 0 Å². The lowest BCUT2D eigenvalue weighted by Crippen LogP contribution is -2.39. The van der Waals surface area contributed by atoms with Gasteiger partial charge in [-0.15, -0.1) is 0 Å². The summed E-state index contributed by atoms with van der Waals surface area (Å²) in [6.07, 6.45) is 4.89. The Morgan fingerprint density at radius 2 is 2.31 bits per heavy atom. The Morgan fingerprint density at radius 1 is 1.62 bits per heavy atom. The van der Waals surface area contributed by atoms with Gasteiger partial charge in [0, 0.05) is 31.7 Å². The summed E-state index contributed by atoms with van der Waals surface area (Å²) in [6, 6.07) is 0. The quantitative estimate of drug-likeness (QED) is 0.750. The van der Waals surface area contributed by atoms with Crippen LogP contribution in [0.2, 0.25) is 0 Å². The number of rotatable bonds is 5. The molecule has 0 saturated carbocycles. The van der Waals surface area contributed by atoms with E-state index < -0.39 is 5.54 Å². The molecule has 0 aromatic carbocycles. The maximum atomic E-state index is 11.4. The summed E-state index contributed by atoms with van der Waals surface area (Å²) in [5.74, 6) is -0.00334. The Morgan fingerprint density at radius 3 is 2.81 bits per heavy atom. The van der Waals surface area contributed by atoms with E-state index in [1.807, 2.05) is 27.1 Å². The summed E-state index contributed by atoms with van der Waals surface area (Å²) in [4.78, 5) is 11.4. The highest BCUT2D eigenvalue weighted by Crippen LogP contribution is 2.02. The third-order valence-electron chi connectivity index (χ3n) is 2.11. The van der Waals surface area contributed by atoms with Gasteiger partial charge in [-0.25, -0.2) is 0 Å². The van der Waals surface area contributed by atoms with Gasteiger partial charge in [0.1, 0.15) is 0 Å². The SMILES string of the molecule is Cn1cc(CCNC(=O)CC(C)(C)N)cn1. The van der Waals surface area contributed by atoms with Crippen molar-refractivity contribution in [3.63, 3.8) is 0 Å². The van der Waals surface area contributed by atoms with E-state index in [-0.39, 0.29) is 5.91 Å². The number of carbonyl (C=O) groups excluding carboxylic acids is 1. The Balaban J connectivity index is 2.23. The summed E-state index contributed by atoms with van der Waals surface area (Å²) in [5.41, 5.74) is 6.42. The molecule has 0 unspecified atom stereocenters. The first kappa shape index (κ1) is 12.7. The molecule has 0 atom stereocenters. The number of nitrogens with one attached hydrogen (secondary N) is 1. The van der Waals surface area contributed by atoms with Crippen molar-refractivity contribution in [1.29, 1.82) is 0 Å². The average Bonchev–Trinajstić information content (AvgIpc) is 2.48. The molecule has 5 heteroatoms. The van der Waals surface area contributed by atoms with Crippen molar-refractivity contribution < 1.29 is 4.79 Å². The number of nitrogens with zero attached hydrogens (tertiary/aromatic N) is 2. The van der Waals surface area contributed by atoms with Gasteiger partial charge in [0.25, 0.3) is 0 Å². The lowest BCUT2D eigenvalue weighted by atomic mass is 10.0. The van der Waals surface area contributed by atoms with E-state index in [2.05, 4.69) is 10.4 Å². The van der Waals surface area contributed by atoms with Crippen LogP contribution in [-0.4, -0.2) is 27.8 Å². The van der Waals surface area contributed by atoms with E-state index >= 15 is 0 Å². The molecule has 5 nitrogen and oxygen atoms in total. The first-order chi connectivity index (χ1) is 7.37. The average molecular weight is 224 g/mol. The van der Waals surface area contributed by atoms with Gasteiger partial charge in [-0.05, 0) is 25.8 Å². The molecule has 0 spiro atoms. The lowest BCUT2D eigenvalue weighted by Gasteiger charge is -2.17. The van der Waals surface area contributed by atoms with Crippen LogP contribution in [0, 0.1) is 0 Å². The molecular formula is C11H20N4O. The normalized spacial score (nSPS) is 11.5. The molecule has 16 heavy (non-hydrogen) atoms. The molecule has 3 N–H and O–H groups in total. The molecular weight excluding hydrogens is 204 g/mol.